The molecule has 0 aliphatic rings. The number of aromatic nitrogens is 2. The first-order valence-corrected chi connectivity index (χ1v) is 6.12. The molecule has 6 heteroatoms. The van der Waals surface area contributed by atoms with Gasteiger partial charge in [0.25, 0.3) is 0 Å². The van der Waals surface area contributed by atoms with Gasteiger partial charge in [-0.1, -0.05) is 34.8 Å². The molecular formula is C11H10Cl3N3. The monoisotopic (exact) mass is 289 g/mol. The summed E-state index contributed by atoms with van der Waals surface area (Å²) >= 11 is 18.1. The molecule has 0 atom stereocenters. The van der Waals surface area contributed by atoms with Gasteiger partial charge in [-0.25, -0.2) is 0 Å². The van der Waals surface area contributed by atoms with E-state index in [2.05, 4.69) is 15.5 Å². The first-order valence-electron chi connectivity index (χ1n) is 4.99. The maximum atomic E-state index is 6.08. The minimum atomic E-state index is 0.499. The highest BCUT2D eigenvalue weighted by molar-refractivity contribution is 6.44. The number of benzene rings is 1. The maximum absolute atomic E-state index is 6.08. The molecule has 17 heavy (non-hydrogen) atoms. The summed E-state index contributed by atoms with van der Waals surface area (Å²) in [6.07, 6.45) is 3.59. The number of aromatic amines is 1. The van der Waals surface area contributed by atoms with Crippen molar-refractivity contribution in [2.45, 2.75) is 13.1 Å². The fraction of sp³-hybridized carbons (Fsp3) is 0.182. The van der Waals surface area contributed by atoms with Gasteiger partial charge < -0.3 is 5.32 Å². The van der Waals surface area contributed by atoms with Crippen LogP contribution in [-0.4, -0.2) is 10.2 Å². The highest BCUT2D eigenvalue weighted by atomic mass is 35.5. The van der Waals surface area contributed by atoms with Crippen molar-refractivity contribution in [3.8, 4) is 0 Å². The van der Waals surface area contributed by atoms with Crippen LogP contribution in [0.5, 0.6) is 0 Å². The lowest BCUT2D eigenvalue weighted by Crippen LogP contribution is -2.13. The molecule has 0 fully saturated rings. The lowest BCUT2D eigenvalue weighted by molar-refractivity contribution is 0.694. The van der Waals surface area contributed by atoms with E-state index in [-0.39, 0.29) is 0 Å². The summed E-state index contributed by atoms with van der Waals surface area (Å²) in [5, 5.41) is 11.5. The number of halogens is 3. The maximum Gasteiger partial charge on any atom is 0.0652 e. The van der Waals surface area contributed by atoms with E-state index < -0.39 is 0 Å². The minimum absolute atomic E-state index is 0.499. The standard InChI is InChI=1S/C11H10Cl3N3/c12-9-1-2-10(13)11(14)8(9)6-15-3-7-4-16-17-5-7/h1-2,4-5,15H,3,6H2,(H,16,17). The van der Waals surface area contributed by atoms with E-state index in [1.165, 1.54) is 0 Å². The van der Waals surface area contributed by atoms with Gasteiger partial charge >= 0.3 is 0 Å². The first kappa shape index (κ1) is 12.7. The van der Waals surface area contributed by atoms with Crippen molar-refractivity contribution >= 4 is 34.8 Å². The molecule has 1 aromatic carbocycles. The van der Waals surface area contributed by atoms with E-state index in [0.717, 1.165) is 11.1 Å². The van der Waals surface area contributed by atoms with Gasteiger partial charge in [-0.2, -0.15) is 5.10 Å². The molecule has 1 aromatic heterocycles. The van der Waals surface area contributed by atoms with Crippen LogP contribution in [0.4, 0.5) is 0 Å². The summed E-state index contributed by atoms with van der Waals surface area (Å²) in [7, 11) is 0. The van der Waals surface area contributed by atoms with Gasteiger partial charge in [0.05, 0.1) is 16.2 Å². The Morgan fingerprint density at radius 3 is 2.59 bits per heavy atom. The van der Waals surface area contributed by atoms with Gasteiger partial charge in [-0.15, -0.1) is 0 Å². The van der Waals surface area contributed by atoms with Gasteiger partial charge in [0, 0.05) is 35.4 Å². The largest absolute Gasteiger partial charge is 0.308 e. The van der Waals surface area contributed by atoms with Crippen molar-refractivity contribution in [1.82, 2.24) is 15.5 Å². The number of nitrogens with one attached hydrogen (secondary N) is 2. The van der Waals surface area contributed by atoms with Gasteiger partial charge in [-0.3, -0.25) is 5.10 Å². The molecule has 0 spiro atoms. The zero-order chi connectivity index (χ0) is 12.3. The molecule has 0 saturated carbocycles. The molecule has 90 valence electrons. The van der Waals surface area contributed by atoms with Crippen LogP contribution in [0.2, 0.25) is 15.1 Å². The van der Waals surface area contributed by atoms with Gasteiger partial charge in [0.1, 0.15) is 0 Å². The summed E-state index contributed by atoms with van der Waals surface area (Å²) in [4.78, 5) is 0. The Morgan fingerprint density at radius 2 is 1.88 bits per heavy atom. The van der Waals surface area contributed by atoms with E-state index in [1.807, 2.05) is 6.20 Å². The average Bonchev–Trinajstić information content (AvgIpc) is 2.81. The molecule has 0 aliphatic carbocycles. The van der Waals surface area contributed by atoms with Crippen LogP contribution >= 0.6 is 34.8 Å². The Hall–Kier alpha value is -0.740. The SMILES string of the molecule is Clc1ccc(Cl)c(CNCc2cn[nH]c2)c1Cl. The van der Waals surface area contributed by atoms with Crippen LogP contribution in [-0.2, 0) is 13.1 Å². The van der Waals surface area contributed by atoms with E-state index in [4.69, 9.17) is 34.8 Å². The predicted octanol–water partition coefficient (Wildman–Crippen LogP) is 3.66. The van der Waals surface area contributed by atoms with Crippen molar-refractivity contribution in [2.24, 2.45) is 0 Å². The fourth-order valence-electron chi connectivity index (χ4n) is 1.44. The normalized spacial score (nSPS) is 10.8. The number of rotatable bonds is 4. The summed E-state index contributed by atoms with van der Waals surface area (Å²) in [5.74, 6) is 0. The summed E-state index contributed by atoms with van der Waals surface area (Å²) in [6, 6.07) is 3.43. The third kappa shape index (κ3) is 3.13. The molecule has 0 amide bonds. The molecule has 3 nitrogen and oxygen atoms in total. The Morgan fingerprint density at radius 1 is 1.12 bits per heavy atom. The second kappa shape index (κ2) is 5.74. The molecule has 0 unspecified atom stereocenters. The highest BCUT2D eigenvalue weighted by Crippen LogP contribution is 2.31. The van der Waals surface area contributed by atoms with Crippen molar-refractivity contribution in [1.29, 1.82) is 0 Å². The summed E-state index contributed by atoms with van der Waals surface area (Å²) in [6.45, 7) is 1.25. The van der Waals surface area contributed by atoms with Crippen LogP contribution in [0.3, 0.4) is 0 Å². The van der Waals surface area contributed by atoms with Gasteiger partial charge in [0.2, 0.25) is 0 Å². The minimum Gasteiger partial charge on any atom is -0.308 e. The number of H-pyrrole nitrogens is 1. The van der Waals surface area contributed by atoms with Crippen molar-refractivity contribution in [3.63, 3.8) is 0 Å². The Bertz CT molecular complexity index is 497. The lowest BCUT2D eigenvalue weighted by atomic mass is 10.2. The summed E-state index contributed by atoms with van der Waals surface area (Å²) < 4.78 is 0. The number of nitrogens with zero attached hydrogens (tertiary/aromatic N) is 1. The molecule has 2 rings (SSSR count). The Kier molecular flexibility index (Phi) is 4.29. The Balaban J connectivity index is 2.01. The number of hydrogen-bond acceptors (Lipinski definition) is 2. The Labute approximate surface area is 114 Å². The quantitative estimate of drug-likeness (QED) is 0.844. The highest BCUT2D eigenvalue weighted by Gasteiger charge is 2.09. The molecule has 2 aromatic rings. The molecular weight excluding hydrogens is 281 g/mol. The van der Waals surface area contributed by atoms with E-state index in [0.29, 0.717) is 28.2 Å². The summed E-state index contributed by atoms with van der Waals surface area (Å²) in [5.41, 5.74) is 1.88. The molecule has 0 bridgehead atoms. The number of hydrogen-bond donors (Lipinski definition) is 2. The fourth-order valence-corrected chi connectivity index (χ4v) is 2.12. The smallest absolute Gasteiger partial charge is 0.0652 e. The van der Waals surface area contributed by atoms with Gasteiger partial charge in [0.15, 0.2) is 0 Å². The van der Waals surface area contributed by atoms with E-state index in [9.17, 15) is 0 Å². The lowest BCUT2D eigenvalue weighted by Gasteiger charge is -2.09. The van der Waals surface area contributed by atoms with Crippen LogP contribution in [0.25, 0.3) is 0 Å². The topological polar surface area (TPSA) is 40.7 Å². The molecule has 0 aliphatic heterocycles. The van der Waals surface area contributed by atoms with Crippen molar-refractivity contribution in [2.75, 3.05) is 0 Å². The first-order chi connectivity index (χ1) is 8.18. The predicted molar refractivity (Wildman–Crippen MR) is 70.6 cm³/mol. The average molecular weight is 291 g/mol. The van der Waals surface area contributed by atoms with E-state index >= 15 is 0 Å². The van der Waals surface area contributed by atoms with Crippen LogP contribution in [0, 0.1) is 0 Å². The zero-order valence-electron chi connectivity index (χ0n) is 8.80. The molecule has 0 radical (unpaired) electrons. The van der Waals surface area contributed by atoms with Crippen LogP contribution < -0.4 is 5.32 Å². The van der Waals surface area contributed by atoms with E-state index in [1.54, 1.807) is 18.3 Å². The van der Waals surface area contributed by atoms with Crippen molar-refractivity contribution < 1.29 is 0 Å². The zero-order valence-corrected chi connectivity index (χ0v) is 11.1. The van der Waals surface area contributed by atoms with Gasteiger partial charge in [-0.05, 0) is 12.1 Å². The van der Waals surface area contributed by atoms with Crippen molar-refractivity contribution in [3.05, 3.63) is 50.7 Å². The third-order valence-electron chi connectivity index (χ3n) is 2.32. The van der Waals surface area contributed by atoms with Crippen LogP contribution in [0.1, 0.15) is 11.1 Å². The third-order valence-corrected chi connectivity index (χ3v) is 3.52. The second-order valence-corrected chi connectivity index (χ2v) is 4.72. The molecule has 1 heterocycles. The second-order valence-electron chi connectivity index (χ2n) is 3.53. The van der Waals surface area contributed by atoms with Crippen LogP contribution in [0.15, 0.2) is 24.5 Å². The molecule has 2 N–H and O–H groups in total. The molecule has 0 saturated heterocycles.